The molecule has 1 atom stereocenters. The van der Waals surface area contributed by atoms with Crippen molar-refractivity contribution >= 4 is 11.9 Å². The number of rotatable bonds is 5. The van der Waals surface area contributed by atoms with Crippen LogP contribution in [0.25, 0.3) is 0 Å². The normalized spacial score (nSPS) is 11.7. The summed E-state index contributed by atoms with van der Waals surface area (Å²) < 4.78 is 12.9. The summed E-state index contributed by atoms with van der Waals surface area (Å²) >= 11 is 0. The lowest BCUT2D eigenvalue weighted by Gasteiger charge is -2.20. The van der Waals surface area contributed by atoms with E-state index in [2.05, 4.69) is 5.32 Å². The number of amides is 1. The van der Waals surface area contributed by atoms with Gasteiger partial charge in [-0.25, -0.2) is 4.39 Å². The first-order valence-electron chi connectivity index (χ1n) is 6.37. The Labute approximate surface area is 121 Å². The molecule has 0 aliphatic carbocycles. The molecule has 1 amide bonds. The number of benzene rings is 2. The Morgan fingerprint density at radius 1 is 1.05 bits per heavy atom. The van der Waals surface area contributed by atoms with Crippen LogP contribution in [0.5, 0.6) is 0 Å². The van der Waals surface area contributed by atoms with Crippen molar-refractivity contribution in [1.82, 2.24) is 5.32 Å². The Balaban J connectivity index is 2.18. The van der Waals surface area contributed by atoms with E-state index in [0.717, 1.165) is 0 Å². The smallest absolute Gasteiger partial charge is 0.251 e. The Morgan fingerprint density at radius 3 is 2.24 bits per heavy atom. The van der Waals surface area contributed by atoms with Gasteiger partial charge < -0.3 is 15.2 Å². The number of carbonyl (C=O) groups is 2. The van der Waals surface area contributed by atoms with Gasteiger partial charge in [0.05, 0.1) is 6.04 Å². The van der Waals surface area contributed by atoms with Gasteiger partial charge in [0.1, 0.15) is 5.82 Å². The van der Waals surface area contributed by atoms with E-state index in [1.165, 1.54) is 24.3 Å². The number of carboxylic acids is 1. The fourth-order valence-electron chi connectivity index (χ4n) is 1.95. The number of hydrogen-bond donors (Lipinski definition) is 1. The van der Waals surface area contributed by atoms with Gasteiger partial charge in [-0.3, -0.25) is 4.79 Å². The highest BCUT2D eigenvalue weighted by Crippen LogP contribution is 2.18. The van der Waals surface area contributed by atoms with Gasteiger partial charge in [-0.2, -0.15) is 0 Å². The average molecular weight is 286 g/mol. The average Bonchev–Trinajstić information content (AvgIpc) is 2.48. The van der Waals surface area contributed by atoms with Crippen molar-refractivity contribution < 1.29 is 19.1 Å². The summed E-state index contributed by atoms with van der Waals surface area (Å²) in [5, 5.41) is 13.4. The minimum atomic E-state index is -1.29. The van der Waals surface area contributed by atoms with Crippen LogP contribution >= 0.6 is 0 Å². The Bertz CT molecular complexity index is 626. The summed E-state index contributed by atoms with van der Waals surface area (Å²) in [6.07, 6.45) is -0.385. The lowest BCUT2D eigenvalue weighted by Crippen LogP contribution is -2.34. The monoisotopic (exact) mass is 286 g/mol. The maximum Gasteiger partial charge on any atom is 0.251 e. The topological polar surface area (TPSA) is 69.2 Å². The molecule has 21 heavy (non-hydrogen) atoms. The van der Waals surface area contributed by atoms with E-state index in [9.17, 15) is 19.1 Å². The molecule has 4 nitrogen and oxygen atoms in total. The molecule has 0 bridgehead atoms. The van der Waals surface area contributed by atoms with Crippen LogP contribution in [-0.4, -0.2) is 11.9 Å². The molecule has 2 rings (SSSR count). The van der Waals surface area contributed by atoms with Crippen molar-refractivity contribution in [1.29, 1.82) is 0 Å². The van der Waals surface area contributed by atoms with Crippen molar-refractivity contribution in [3.63, 3.8) is 0 Å². The summed E-state index contributed by atoms with van der Waals surface area (Å²) in [4.78, 5) is 22.9. The van der Waals surface area contributed by atoms with E-state index in [-0.39, 0.29) is 6.42 Å². The van der Waals surface area contributed by atoms with Crippen LogP contribution in [-0.2, 0) is 4.79 Å². The molecule has 0 aliphatic rings. The third-order valence-electron chi connectivity index (χ3n) is 2.98. The first kappa shape index (κ1) is 14.7. The maximum atomic E-state index is 12.9. The van der Waals surface area contributed by atoms with Gasteiger partial charge in [-0.15, -0.1) is 0 Å². The van der Waals surface area contributed by atoms with Crippen molar-refractivity contribution in [2.24, 2.45) is 0 Å². The largest absolute Gasteiger partial charge is 0.550 e. The minimum Gasteiger partial charge on any atom is -0.550 e. The van der Waals surface area contributed by atoms with E-state index < -0.39 is 23.7 Å². The zero-order valence-electron chi connectivity index (χ0n) is 11.1. The molecule has 0 unspecified atom stereocenters. The van der Waals surface area contributed by atoms with Crippen molar-refractivity contribution in [3.05, 3.63) is 71.5 Å². The highest BCUT2D eigenvalue weighted by atomic mass is 19.1. The van der Waals surface area contributed by atoms with Crippen LogP contribution in [0, 0.1) is 5.82 Å². The molecule has 0 aliphatic heterocycles. The number of aliphatic carboxylic acids is 1. The van der Waals surface area contributed by atoms with Gasteiger partial charge in [0.2, 0.25) is 0 Å². The molecule has 1 N–H and O–H groups in total. The highest BCUT2D eigenvalue weighted by Gasteiger charge is 2.16. The van der Waals surface area contributed by atoms with Gasteiger partial charge in [0, 0.05) is 18.0 Å². The molecular weight excluding hydrogens is 273 g/mol. The van der Waals surface area contributed by atoms with Crippen LogP contribution in [0.4, 0.5) is 4.39 Å². The standard InChI is InChI=1S/C16H14FNO3/c17-13-8-6-11(7-9-13)14(10-15(19)20)18-16(21)12-4-2-1-3-5-12/h1-9,14H,10H2,(H,18,21)(H,19,20)/p-1/t14-/m1/s1. The minimum absolute atomic E-state index is 0.385. The molecule has 0 heterocycles. The van der Waals surface area contributed by atoms with E-state index in [4.69, 9.17) is 0 Å². The van der Waals surface area contributed by atoms with E-state index in [1.54, 1.807) is 30.3 Å². The third kappa shape index (κ3) is 4.14. The quantitative estimate of drug-likeness (QED) is 0.904. The molecule has 0 spiro atoms. The van der Waals surface area contributed by atoms with Crippen LogP contribution in [0.3, 0.4) is 0 Å². The predicted octanol–water partition coefficient (Wildman–Crippen LogP) is 1.44. The molecule has 2 aromatic carbocycles. The van der Waals surface area contributed by atoms with E-state index in [0.29, 0.717) is 11.1 Å². The summed E-state index contributed by atoms with van der Waals surface area (Å²) in [7, 11) is 0. The fourth-order valence-corrected chi connectivity index (χ4v) is 1.95. The molecular formula is C16H13FNO3-. The fraction of sp³-hybridized carbons (Fsp3) is 0.125. The van der Waals surface area contributed by atoms with Crippen molar-refractivity contribution in [2.75, 3.05) is 0 Å². The van der Waals surface area contributed by atoms with Crippen LogP contribution in [0.1, 0.15) is 28.4 Å². The first-order valence-corrected chi connectivity index (χ1v) is 6.37. The van der Waals surface area contributed by atoms with Crippen LogP contribution in [0.15, 0.2) is 54.6 Å². The van der Waals surface area contributed by atoms with Crippen molar-refractivity contribution in [2.45, 2.75) is 12.5 Å². The van der Waals surface area contributed by atoms with Gasteiger partial charge in [-0.1, -0.05) is 30.3 Å². The second-order valence-corrected chi connectivity index (χ2v) is 4.52. The SMILES string of the molecule is O=C([O-])C[C@@H](NC(=O)c1ccccc1)c1ccc(F)cc1. The van der Waals surface area contributed by atoms with Gasteiger partial charge in [0.15, 0.2) is 0 Å². The third-order valence-corrected chi connectivity index (χ3v) is 2.98. The summed E-state index contributed by atoms with van der Waals surface area (Å²) in [5.41, 5.74) is 0.924. The molecule has 0 radical (unpaired) electrons. The maximum absolute atomic E-state index is 12.9. The number of hydrogen-bond acceptors (Lipinski definition) is 3. The van der Waals surface area contributed by atoms with Gasteiger partial charge in [-0.05, 0) is 29.8 Å². The summed E-state index contributed by atoms with van der Waals surface area (Å²) in [5.74, 6) is -2.12. The molecule has 2 aromatic rings. The lowest BCUT2D eigenvalue weighted by molar-refractivity contribution is -0.306. The van der Waals surface area contributed by atoms with E-state index in [1.807, 2.05) is 0 Å². The summed E-state index contributed by atoms with van der Waals surface area (Å²) in [6.45, 7) is 0. The Hall–Kier alpha value is -2.69. The highest BCUT2D eigenvalue weighted by molar-refractivity contribution is 5.94. The summed E-state index contributed by atoms with van der Waals surface area (Å²) in [6, 6.07) is 13.0. The second kappa shape index (κ2) is 6.65. The number of nitrogens with one attached hydrogen (secondary N) is 1. The molecule has 0 saturated carbocycles. The van der Waals surface area contributed by atoms with Crippen LogP contribution < -0.4 is 10.4 Å². The molecule has 0 aromatic heterocycles. The molecule has 0 fully saturated rings. The van der Waals surface area contributed by atoms with Gasteiger partial charge in [0.25, 0.3) is 5.91 Å². The Kier molecular flexibility index (Phi) is 4.66. The predicted molar refractivity (Wildman–Crippen MR) is 72.7 cm³/mol. The number of halogens is 1. The van der Waals surface area contributed by atoms with Crippen LogP contribution in [0.2, 0.25) is 0 Å². The lowest BCUT2D eigenvalue weighted by atomic mass is 10.0. The molecule has 0 saturated heterocycles. The number of carbonyl (C=O) groups excluding carboxylic acids is 2. The molecule has 108 valence electrons. The zero-order valence-corrected chi connectivity index (χ0v) is 11.1. The number of carboxylic acid groups (broad SMARTS) is 1. The zero-order chi connectivity index (χ0) is 15.2. The van der Waals surface area contributed by atoms with E-state index >= 15 is 0 Å². The van der Waals surface area contributed by atoms with Gasteiger partial charge >= 0.3 is 0 Å². The van der Waals surface area contributed by atoms with Crippen molar-refractivity contribution in [3.8, 4) is 0 Å². The first-order chi connectivity index (χ1) is 10.1. The second-order valence-electron chi connectivity index (χ2n) is 4.52. The Morgan fingerprint density at radius 2 is 1.67 bits per heavy atom. The molecule has 5 heteroatoms.